The number of aryl methyl sites for hydroxylation is 2. The molecule has 1 aromatic heterocycles. The van der Waals surface area contributed by atoms with E-state index >= 15 is 0 Å². The number of fused-ring (bicyclic) bond motifs is 1. The van der Waals surface area contributed by atoms with Gasteiger partial charge in [-0.1, -0.05) is 12.1 Å². The third-order valence-corrected chi connectivity index (χ3v) is 5.26. The van der Waals surface area contributed by atoms with Crippen LogP contribution in [0.1, 0.15) is 31.5 Å². The van der Waals surface area contributed by atoms with E-state index in [1.165, 1.54) is 6.42 Å². The standard InChI is InChI=1S/C23H27N3O3/c1-17-24-21-7-2-3-8-22(21)26(17)14-13-23(27)25-18-9-11-19(12-10-18)29-16-20-6-4-5-15-28-20/h2-3,7-12,20H,4-6,13-16H2,1H3,(H,25,27). The van der Waals surface area contributed by atoms with Gasteiger partial charge in [0.2, 0.25) is 5.91 Å². The molecule has 6 heteroatoms. The Hall–Kier alpha value is -2.86. The van der Waals surface area contributed by atoms with Gasteiger partial charge in [-0.2, -0.15) is 0 Å². The number of benzene rings is 2. The average Bonchev–Trinajstić information content (AvgIpc) is 3.07. The molecule has 1 atom stereocenters. The van der Waals surface area contributed by atoms with Crippen molar-refractivity contribution in [2.24, 2.45) is 0 Å². The normalized spacial score (nSPS) is 16.7. The summed E-state index contributed by atoms with van der Waals surface area (Å²) in [6.45, 7) is 3.97. The fourth-order valence-corrected chi connectivity index (χ4v) is 3.68. The Bertz CT molecular complexity index is 959. The summed E-state index contributed by atoms with van der Waals surface area (Å²) in [7, 11) is 0. The Labute approximate surface area is 170 Å². The maximum Gasteiger partial charge on any atom is 0.226 e. The number of rotatable bonds is 7. The van der Waals surface area contributed by atoms with Crippen LogP contribution in [0, 0.1) is 6.92 Å². The maximum absolute atomic E-state index is 12.4. The third kappa shape index (κ3) is 4.95. The minimum absolute atomic E-state index is 0.0218. The summed E-state index contributed by atoms with van der Waals surface area (Å²) in [6.07, 6.45) is 3.97. The Morgan fingerprint density at radius 1 is 1.21 bits per heavy atom. The first-order valence-electron chi connectivity index (χ1n) is 10.3. The monoisotopic (exact) mass is 393 g/mol. The molecule has 152 valence electrons. The highest BCUT2D eigenvalue weighted by molar-refractivity contribution is 5.90. The summed E-state index contributed by atoms with van der Waals surface area (Å²) < 4.78 is 13.6. The summed E-state index contributed by atoms with van der Waals surface area (Å²) in [6, 6.07) is 15.5. The molecule has 1 unspecified atom stereocenters. The first-order chi connectivity index (χ1) is 14.2. The molecule has 0 spiro atoms. The molecule has 0 bridgehead atoms. The molecule has 1 amide bonds. The van der Waals surface area contributed by atoms with Gasteiger partial charge < -0.3 is 19.4 Å². The number of hydrogen-bond donors (Lipinski definition) is 1. The number of anilines is 1. The molecule has 1 fully saturated rings. The van der Waals surface area contributed by atoms with Crippen molar-refractivity contribution in [2.45, 2.75) is 45.3 Å². The van der Waals surface area contributed by atoms with Crippen LogP contribution in [0.15, 0.2) is 48.5 Å². The van der Waals surface area contributed by atoms with E-state index in [4.69, 9.17) is 9.47 Å². The zero-order valence-corrected chi connectivity index (χ0v) is 16.8. The highest BCUT2D eigenvalue weighted by atomic mass is 16.5. The van der Waals surface area contributed by atoms with Gasteiger partial charge in [-0.3, -0.25) is 4.79 Å². The number of carbonyl (C=O) groups excluding carboxylic acids is 1. The van der Waals surface area contributed by atoms with Gasteiger partial charge in [0, 0.05) is 25.3 Å². The summed E-state index contributed by atoms with van der Waals surface area (Å²) >= 11 is 0. The van der Waals surface area contributed by atoms with Crippen LogP contribution in [0.25, 0.3) is 11.0 Å². The van der Waals surface area contributed by atoms with Crippen molar-refractivity contribution in [2.75, 3.05) is 18.5 Å². The van der Waals surface area contributed by atoms with E-state index < -0.39 is 0 Å². The van der Waals surface area contributed by atoms with Crippen LogP contribution in [-0.4, -0.2) is 34.8 Å². The van der Waals surface area contributed by atoms with Crippen LogP contribution < -0.4 is 10.1 Å². The summed E-state index contributed by atoms with van der Waals surface area (Å²) in [5.41, 5.74) is 2.78. The smallest absolute Gasteiger partial charge is 0.226 e. The number of carbonyl (C=O) groups is 1. The quantitative estimate of drug-likeness (QED) is 0.649. The van der Waals surface area contributed by atoms with E-state index in [1.807, 2.05) is 55.5 Å². The van der Waals surface area contributed by atoms with Gasteiger partial charge in [-0.15, -0.1) is 0 Å². The number of hydrogen-bond acceptors (Lipinski definition) is 4. The van der Waals surface area contributed by atoms with Gasteiger partial charge >= 0.3 is 0 Å². The minimum atomic E-state index is -0.0218. The highest BCUT2D eigenvalue weighted by Gasteiger charge is 2.14. The SMILES string of the molecule is Cc1nc2ccccc2n1CCC(=O)Nc1ccc(OCC2CCCCO2)cc1. The van der Waals surface area contributed by atoms with Gasteiger partial charge in [-0.05, 0) is 62.6 Å². The van der Waals surface area contributed by atoms with Crippen molar-refractivity contribution in [1.29, 1.82) is 0 Å². The van der Waals surface area contributed by atoms with Crippen molar-refractivity contribution in [3.63, 3.8) is 0 Å². The van der Waals surface area contributed by atoms with Gasteiger partial charge in [-0.25, -0.2) is 4.98 Å². The molecule has 0 radical (unpaired) electrons. The Morgan fingerprint density at radius 3 is 2.83 bits per heavy atom. The number of para-hydroxylation sites is 2. The van der Waals surface area contributed by atoms with Crippen LogP contribution in [0.5, 0.6) is 5.75 Å². The fourth-order valence-electron chi connectivity index (χ4n) is 3.68. The van der Waals surface area contributed by atoms with Crippen LogP contribution in [0.4, 0.5) is 5.69 Å². The Morgan fingerprint density at radius 2 is 2.03 bits per heavy atom. The zero-order chi connectivity index (χ0) is 20.1. The molecule has 1 saturated heterocycles. The molecule has 2 heterocycles. The topological polar surface area (TPSA) is 65.4 Å². The second kappa shape index (κ2) is 9.09. The molecule has 29 heavy (non-hydrogen) atoms. The Kier molecular flexibility index (Phi) is 6.10. The van der Waals surface area contributed by atoms with Gasteiger partial charge in [0.05, 0.1) is 17.1 Å². The third-order valence-electron chi connectivity index (χ3n) is 5.26. The first-order valence-corrected chi connectivity index (χ1v) is 10.3. The molecule has 2 aromatic carbocycles. The number of ether oxygens (including phenoxy) is 2. The van der Waals surface area contributed by atoms with Crippen LogP contribution in [0.2, 0.25) is 0 Å². The molecule has 4 rings (SSSR count). The molecule has 1 aliphatic heterocycles. The zero-order valence-electron chi connectivity index (χ0n) is 16.8. The molecular formula is C23H27N3O3. The number of aromatic nitrogens is 2. The number of imidazole rings is 1. The van der Waals surface area contributed by atoms with E-state index in [2.05, 4.69) is 14.9 Å². The lowest BCUT2D eigenvalue weighted by atomic mass is 10.1. The molecule has 0 aliphatic carbocycles. The highest BCUT2D eigenvalue weighted by Crippen LogP contribution is 2.19. The largest absolute Gasteiger partial charge is 0.491 e. The molecule has 1 aliphatic rings. The van der Waals surface area contributed by atoms with E-state index in [1.54, 1.807) is 0 Å². The van der Waals surface area contributed by atoms with E-state index in [-0.39, 0.29) is 12.0 Å². The second-order valence-corrected chi connectivity index (χ2v) is 7.42. The second-order valence-electron chi connectivity index (χ2n) is 7.42. The van der Waals surface area contributed by atoms with E-state index in [9.17, 15) is 4.79 Å². The molecule has 0 saturated carbocycles. The molecule has 1 N–H and O–H groups in total. The lowest BCUT2D eigenvalue weighted by Crippen LogP contribution is -2.25. The number of nitrogens with zero attached hydrogens (tertiary/aromatic N) is 2. The van der Waals surface area contributed by atoms with Gasteiger partial charge in [0.15, 0.2) is 0 Å². The summed E-state index contributed by atoms with van der Waals surface area (Å²) in [4.78, 5) is 16.9. The van der Waals surface area contributed by atoms with Crippen LogP contribution in [0.3, 0.4) is 0 Å². The summed E-state index contributed by atoms with van der Waals surface area (Å²) in [5.74, 6) is 1.69. The lowest BCUT2D eigenvalue weighted by Gasteiger charge is -2.22. The molecular weight excluding hydrogens is 366 g/mol. The van der Waals surface area contributed by atoms with Crippen molar-refractivity contribution < 1.29 is 14.3 Å². The summed E-state index contributed by atoms with van der Waals surface area (Å²) in [5, 5.41) is 2.95. The average molecular weight is 393 g/mol. The molecule has 3 aromatic rings. The maximum atomic E-state index is 12.4. The predicted octanol–water partition coefficient (Wildman–Crippen LogP) is 4.32. The van der Waals surface area contributed by atoms with Crippen molar-refractivity contribution in [3.05, 3.63) is 54.4 Å². The lowest BCUT2D eigenvalue weighted by molar-refractivity contribution is -0.116. The first kappa shape index (κ1) is 19.5. The molecule has 6 nitrogen and oxygen atoms in total. The van der Waals surface area contributed by atoms with E-state index in [0.29, 0.717) is 19.6 Å². The number of nitrogens with one attached hydrogen (secondary N) is 1. The van der Waals surface area contributed by atoms with Crippen molar-refractivity contribution in [3.8, 4) is 5.75 Å². The van der Waals surface area contributed by atoms with E-state index in [0.717, 1.165) is 47.7 Å². The van der Waals surface area contributed by atoms with Crippen molar-refractivity contribution >= 4 is 22.6 Å². The number of amides is 1. The fraction of sp³-hybridized carbons (Fsp3) is 0.391. The Balaban J connectivity index is 1.27. The van der Waals surface area contributed by atoms with Gasteiger partial charge in [0.1, 0.15) is 18.2 Å². The minimum Gasteiger partial charge on any atom is -0.491 e. The van der Waals surface area contributed by atoms with Crippen molar-refractivity contribution in [1.82, 2.24) is 9.55 Å². The van der Waals surface area contributed by atoms with Gasteiger partial charge in [0.25, 0.3) is 0 Å². The van der Waals surface area contributed by atoms with Crippen LogP contribution in [-0.2, 0) is 16.1 Å². The predicted molar refractivity (Wildman–Crippen MR) is 113 cm³/mol. The van der Waals surface area contributed by atoms with Crippen LogP contribution >= 0.6 is 0 Å².